The van der Waals surface area contributed by atoms with E-state index in [1.807, 2.05) is 0 Å². The Morgan fingerprint density at radius 3 is 2.92 bits per heavy atom. The average molecular weight is 178 g/mol. The first-order chi connectivity index (χ1) is 6.13. The van der Waals surface area contributed by atoms with Gasteiger partial charge in [-0.05, 0) is 6.08 Å². The second kappa shape index (κ2) is 3.49. The maximum Gasteiger partial charge on any atom is 0.346 e. The van der Waals surface area contributed by atoms with Gasteiger partial charge in [-0.2, -0.15) is 5.26 Å². The predicted molar refractivity (Wildman–Crippen MR) is 42.2 cm³/mol. The Morgan fingerprint density at radius 2 is 2.54 bits per heavy atom. The van der Waals surface area contributed by atoms with E-state index in [0.717, 1.165) is 6.08 Å². The molecule has 0 aliphatic rings. The highest BCUT2D eigenvalue weighted by Gasteiger charge is 2.06. The number of hydrogen-bond donors (Lipinski definition) is 1. The highest BCUT2D eigenvalue weighted by molar-refractivity contribution is 5.96. The molecule has 0 saturated carbocycles. The lowest BCUT2D eigenvalue weighted by atomic mass is 10.2. The first-order valence-electron chi connectivity index (χ1n) is 3.35. The number of nitrogens with zero attached hydrogens (tertiary/aromatic N) is 4. The summed E-state index contributed by atoms with van der Waals surface area (Å²) in [6.45, 7) is 0. The number of carbonyl (C=O) groups is 1. The zero-order valence-corrected chi connectivity index (χ0v) is 6.80. The van der Waals surface area contributed by atoms with E-state index < -0.39 is 5.97 Å². The summed E-state index contributed by atoms with van der Waals surface area (Å²) < 4.78 is 1.42. The molecule has 66 valence electrons. The van der Waals surface area contributed by atoms with Crippen molar-refractivity contribution in [1.29, 1.82) is 5.26 Å². The van der Waals surface area contributed by atoms with Gasteiger partial charge in [0.1, 0.15) is 17.3 Å². The molecule has 6 heteroatoms. The van der Waals surface area contributed by atoms with Gasteiger partial charge in [0.05, 0.1) is 6.20 Å². The van der Waals surface area contributed by atoms with Crippen molar-refractivity contribution >= 4 is 12.0 Å². The summed E-state index contributed by atoms with van der Waals surface area (Å²) in [6.07, 6.45) is 2.68. The van der Waals surface area contributed by atoms with E-state index in [2.05, 4.69) is 10.3 Å². The molecule has 6 nitrogen and oxygen atoms in total. The third-order valence-corrected chi connectivity index (χ3v) is 1.26. The third-order valence-electron chi connectivity index (χ3n) is 1.26. The molecule has 0 aliphatic heterocycles. The molecule has 1 aromatic heterocycles. The Kier molecular flexibility index (Phi) is 2.40. The van der Waals surface area contributed by atoms with Crippen molar-refractivity contribution in [3.8, 4) is 6.07 Å². The van der Waals surface area contributed by atoms with E-state index in [9.17, 15) is 4.79 Å². The lowest BCUT2D eigenvalue weighted by Gasteiger charge is -1.85. The van der Waals surface area contributed by atoms with E-state index in [4.69, 9.17) is 10.4 Å². The maximum absolute atomic E-state index is 10.4. The van der Waals surface area contributed by atoms with Crippen molar-refractivity contribution < 1.29 is 9.90 Å². The Hall–Kier alpha value is -2.16. The molecule has 1 aromatic rings. The van der Waals surface area contributed by atoms with Gasteiger partial charge in [-0.3, -0.25) is 4.68 Å². The van der Waals surface area contributed by atoms with E-state index in [1.165, 1.54) is 10.9 Å². The Morgan fingerprint density at radius 1 is 1.85 bits per heavy atom. The van der Waals surface area contributed by atoms with Crippen LogP contribution in [0.2, 0.25) is 0 Å². The molecule has 0 unspecified atom stereocenters. The zero-order chi connectivity index (χ0) is 9.84. The molecule has 13 heavy (non-hydrogen) atoms. The molecule has 0 radical (unpaired) electrons. The summed E-state index contributed by atoms with van der Waals surface area (Å²) in [5, 5.41) is 24.1. The molecule has 1 N–H and O–H groups in total. The zero-order valence-electron chi connectivity index (χ0n) is 6.80. The summed E-state index contributed by atoms with van der Waals surface area (Å²) in [6, 6.07) is 1.54. The smallest absolute Gasteiger partial charge is 0.346 e. The van der Waals surface area contributed by atoms with E-state index in [0.29, 0.717) is 5.69 Å². The molecule has 0 bridgehead atoms. The van der Waals surface area contributed by atoms with Gasteiger partial charge in [0.25, 0.3) is 0 Å². The molecule has 0 fully saturated rings. The largest absolute Gasteiger partial charge is 0.477 e. The normalized spacial score (nSPS) is 10.9. The minimum Gasteiger partial charge on any atom is -0.477 e. The SMILES string of the molecule is Cn1cc(/C=C(/C#N)C(=O)O)nn1. The third kappa shape index (κ3) is 2.13. The Labute approximate surface area is 73.7 Å². The lowest BCUT2D eigenvalue weighted by molar-refractivity contribution is -0.132. The van der Waals surface area contributed by atoms with Crippen LogP contribution in [-0.2, 0) is 11.8 Å². The maximum atomic E-state index is 10.4. The lowest BCUT2D eigenvalue weighted by Crippen LogP contribution is -1.97. The fourth-order valence-electron chi connectivity index (χ4n) is 0.721. The van der Waals surface area contributed by atoms with Crippen molar-refractivity contribution in [3.05, 3.63) is 17.5 Å². The standard InChI is InChI=1S/C7H6N4O2/c1-11-4-6(9-10-11)2-5(3-8)7(12)13/h2,4H,1H3,(H,12,13)/b5-2-. The average Bonchev–Trinajstić information content (AvgIpc) is 2.46. The fraction of sp³-hybridized carbons (Fsp3) is 0.143. The molecular formula is C7H6N4O2. The van der Waals surface area contributed by atoms with Gasteiger partial charge in [-0.25, -0.2) is 4.79 Å². The molecule has 0 atom stereocenters. The molecular weight excluding hydrogens is 172 g/mol. The molecule has 1 heterocycles. The van der Waals surface area contributed by atoms with Crippen molar-refractivity contribution in [2.75, 3.05) is 0 Å². The fourth-order valence-corrected chi connectivity index (χ4v) is 0.721. The van der Waals surface area contributed by atoms with Crippen LogP contribution in [0.25, 0.3) is 6.08 Å². The predicted octanol–water partition coefficient (Wildman–Crippen LogP) is -0.193. The summed E-state index contributed by atoms with van der Waals surface area (Å²) in [7, 11) is 1.65. The molecule has 0 amide bonds. The highest BCUT2D eigenvalue weighted by Crippen LogP contribution is 2.01. The molecule has 0 saturated heterocycles. The van der Waals surface area contributed by atoms with Crippen LogP contribution < -0.4 is 0 Å². The van der Waals surface area contributed by atoms with Crippen molar-refractivity contribution in [2.45, 2.75) is 0 Å². The number of aliphatic carboxylic acids is 1. The Bertz CT molecular complexity index is 399. The van der Waals surface area contributed by atoms with E-state index in [-0.39, 0.29) is 5.57 Å². The molecule has 0 aliphatic carbocycles. The molecule has 0 spiro atoms. The van der Waals surface area contributed by atoms with Gasteiger partial charge >= 0.3 is 5.97 Å². The summed E-state index contributed by atoms with van der Waals surface area (Å²) in [4.78, 5) is 10.4. The minimum absolute atomic E-state index is 0.349. The van der Waals surface area contributed by atoms with Crippen LogP contribution in [0.15, 0.2) is 11.8 Å². The van der Waals surface area contributed by atoms with Gasteiger partial charge in [-0.15, -0.1) is 5.10 Å². The van der Waals surface area contributed by atoms with Crippen LogP contribution in [0.4, 0.5) is 0 Å². The minimum atomic E-state index is -1.27. The monoisotopic (exact) mass is 178 g/mol. The number of aryl methyl sites for hydroxylation is 1. The van der Waals surface area contributed by atoms with E-state index >= 15 is 0 Å². The van der Waals surface area contributed by atoms with Gasteiger partial charge in [0.15, 0.2) is 0 Å². The second-order valence-corrected chi connectivity index (χ2v) is 2.29. The van der Waals surface area contributed by atoms with Crippen LogP contribution in [0, 0.1) is 11.3 Å². The van der Waals surface area contributed by atoms with E-state index in [1.54, 1.807) is 13.1 Å². The summed E-state index contributed by atoms with van der Waals surface area (Å²) in [5.74, 6) is -1.27. The molecule has 1 rings (SSSR count). The second-order valence-electron chi connectivity index (χ2n) is 2.29. The summed E-state index contributed by atoms with van der Waals surface area (Å²) >= 11 is 0. The van der Waals surface area contributed by atoms with Crippen molar-refractivity contribution in [1.82, 2.24) is 15.0 Å². The van der Waals surface area contributed by atoms with Crippen LogP contribution in [-0.4, -0.2) is 26.1 Å². The topological polar surface area (TPSA) is 91.8 Å². The number of carboxylic acids is 1. The Balaban J connectivity index is 3.00. The number of aromatic nitrogens is 3. The van der Waals surface area contributed by atoms with Crippen molar-refractivity contribution in [2.24, 2.45) is 7.05 Å². The van der Waals surface area contributed by atoms with Gasteiger partial charge < -0.3 is 5.11 Å². The van der Waals surface area contributed by atoms with Gasteiger partial charge in [0.2, 0.25) is 0 Å². The summed E-state index contributed by atoms with van der Waals surface area (Å²) in [5.41, 5.74) is -0.0121. The van der Waals surface area contributed by atoms with Crippen LogP contribution in [0.3, 0.4) is 0 Å². The number of nitriles is 1. The number of carboxylic acid groups (broad SMARTS) is 1. The highest BCUT2D eigenvalue weighted by atomic mass is 16.4. The molecule has 0 aromatic carbocycles. The van der Waals surface area contributed by atoms with Crippen LogP contribution >= 0.6 is 0 Å². The number of hydrogen-bond acceptors (Lipinski definition) is 4. The van der Waals surface area contributed by atoms with Gasteiger partial charge in [-0.1, -0.05) is 5.21 Å². The first-order valence-corrected chi connectivity index (χ1v) is 3.35. The van der Waals surface area contributed by atoms with Crippen LogP contribution in [0.1, 0.15) is 5.69 Å². The quantitative estimate of drug-likeness (QED) is 0.500. The number of rotatable bonds is 2. The first kappa shape index (κ1) is 8.93. The van der Waals surface area contributed by atoms with Crippen LogP contribution in [0.5, 0.6) is 0 Å². The van der Waals surface area contributed by atoms with Gasteiger partial charge in [0, 0.05) is 7.05 Å². The van der Waals surface area contributed by atoms with Crippen molar-refractivity contribution in [3.63, 3.8) is 0 Å².